The molecule has 0 aromatic carbocycles. The zero-order valence-corrected chi connectivity index (χ0v) is 13.1. The van der Waals surface area contributed by atoms with Crippen LogP contribution < -0.4 is 4.90 Å². The van der Waals surface area contributed by atoms with E-state index in [1.165, 1.54) is 38.5 Å². The van der Waals surface area contributed by atoms with Crippen LogP contribution in [0.15, 0.2) is 23.2 Å². The molecule has 2 aromatic rings. The number of fused-ring (bicyclic) bond motifs is 2. The number of piperidine rings is 1. The first-order valence-electron chi connectivity index (χ1n) is 7.59. The number of rotatable bonds is 1. The Hall–Kier alpha value is -1.10. The third-order valence-electron chi connectivity index (χ3n) is 4.84. The van der Waals surface area contributed by atoms with Crippen LogP contribution in [0.5, 0.6) is 0 Å². The largest absolute Gasteiger partial charge is 0.350 e. The molecule has 20 heavy (non-hydrogen) atoms. The molecule has 4 nitrogen and oxygen atoms in total. The zero-order chi connectivity index (χ0) is 13.5. The standard InChI is InChI=1S/C15H19BrN4/c16-13-10-19-9-7-17-14(19)15(18-13)20-8-3-5-11-4-1-2-6-12(11)20/h7,9-12H,1-6,8H2/t11-,12-/m1/s1. The van der Waals surface area contributed by atoms with Gasteiger partial charge < -0.3 is 9.30 Å². The Balaban J connectivity index is 1.79. The third kappa shape index (κ3) is 2.03. The van der Waals surface area contributed by atoms with Crippen LogP contribution in [0.1, 0.15) is 38.5 Å². The van der Waals surface area contributed by atoms with E-state index < -0.39 is 0 Å². The lowest BCUT2D eigenvalue weighted by Gasteiger charge is -2.44. The number of aromatic nitrogens is 3. The topological polar surface area (TPSA) is 33.4 Å². The number of hydrogen-bond donors (Lipinski definition) is 0. The van der Waals surface area contributed by atoms with Crippen molar-refractivity contribution in [3.63, 3.8) is 0 Å². The molecular weight excluding hydrogens is 316 g/mol. The zero-order valence-electron chi connectivity index (χ0n) is 11.5. The fraction of sp³-hybridized carbons (Fsp3) is 0.600. The lowest BCUT2D eigenvalue weighted by molar-refractivity contribution is 0.243. The second-order valence-electron chi connectivity index (χ2n) is 5.99. The molecule has 0 N–H and O–H groups in total. The van der Waals surface area contributed by atoms with E-state index in [0.717, 1.165) is 28.5 Å². The lowest BCUT2D eigenvalue weighted by Crippen LogP contribution is -2.47. The van der Waals surface area contributed by atoms with Crippen LogP contribution in [0.25, 0.3) is 5.65 Å². The second-order valence-corrected chi connectivity index (χ2v) is 6.81. The maximum absolute atomic E-state index is 4.75. The number of hydrogen-bond acceptors (Lipinski definition) is 3. The molecule has 2 aliphatic rings. The summed E-state index contributed by atoms with van der Waals surface area (Å²) in [5.41, 5.74) is 0.986. The van der Waals surface area contributed by atoms with Crippen molar-refractivity contribution < 1.29 is 0 Å². The molecule has 1 aliphatic heterocycles. The molecule has 2 fully saturated rings. The second kappa shape index (κ2) is 5.02. The van der Waals surface area contributed by atoms with Crippen LogP contribution in [-0.2, 0) is 0 Å². The SMILES string of the molecule is Brc1cn2ccnc2c(N2CCC[C@H]3CCCC[C@H]32)n1. The van der Waals surface area contributed by atoms with Gasteiger partial charge in [0, 0.05) is 31.2 Å². The van der Waals surface area contributed by atoms with E-state index in [4.69, 9.17) is 4.98 Å². The predicted octanol–water partition coefficient (Wildman–Crippen LogP) is 3.65. The van der Waals surface area contributed by atoms with Gasteiger partial charge in [0.15, 0.2) is 11.5 Å². The Morgan fingerprint density at radius 1 is 1.15 bits per heavy atom. The van der Waals surface area contributed by atoms with Gasteiger partial charge in [0.1, 0.15) is 4.60 Å². The van der Waals surface area contributed by atoms with E-state index in [0.29, 0.717) is 6.04 Å². The Kier molecular flexibility index (Phi) is 3.17. The highest BCUT2D eigenvalue weighted by Crippen LogP contribution is 2.38. The number of nitrogens with zero attached hydrogens (tertiary/aromatic N) is 4. The molecule has 106 valence electrons. The van der Waals surface area contributed by atoms with Gasteiger partial charge in [0.25, 0.3) is 0 Å². The summed E-state index contributed by atoms with van der Waals surface area (Å²) in [5.74, 6) is 1.91. The highest BCUT2D eigenvalue weighted by atomic mass is 79.9. The molecule has 3 heterocycles. The quantitative estimate of drug-likeness (QED) is 0.798. The van der Waals surface area contributed by atoms with E-state index in [1.807, 2.05) is 18.6 Å². The van der Waals surface area contributed by atoms with Gasteiger partial charge in [0.2, 0.25) is 0 Å². The molecular formula is C15H19BrN4. The Morgan fingerprint density at radius 2 is 2.00 bits per heavy atom. The maximum Gasteiger partial charge on any atom is 0.180 e. The summed E-state index contributed by atoms with van der Waals surface area (Å²) in [6.07, 6.45) is 14.0. The van der Waals surface area contributed by atoms with Crippen molar-refractivity contribution in [1.82, 2.24) is 14.4 Å². The molecule has 2 atom stereocenters. The first-order valence-corrected chi connectivity index (χ1v) is 8.38. The van der Waals surface area contributed by atoms with Gasteiger partial charge in [-0.05, 0) is 47.5 Å². The molecule has 0 radical (unpaired) electrons. The number of anilines is 1. The summed E-state index contributed by atoms with van der Waals surface area (Å²) >= 11 is 3.54. The van der Waals surface area contributed by atoms with Gasteiger partial charge in [0.05, 0.1) is 0 Å². The van der Waals surface area contributed by atoms with E-state index in [1.54, 1.807) is 0 Å². The van der Waals surface area contributed by atoms with Crippen LogP contribution in [0, 0.1) is 5.92 Å². The Bertz CT molecular complexity index is 621. The molecule has 1 saturated heterocycles. The van der Waals surface area contributed by atoms with Crippen LogP contribution >= 0.6 is 15.9 Å². The first-order chi connectivity index (χ1) is 9.83. The molecule has 0 spiro atoms. The average Bonchev–Trinajstić information content (AvgIpc) is 2.94. The summed E-state index contributed by atoms with van der Waals surface area (Å²) < 4.78 is 2.95. The number of imidazole rings is 1. The Morgan fingerprint density at radius 3 is 2.95 bits per heavy atom. The first kappa shape index (κ1) is 12.6. The molecule has 1 saturated carbocycles. The number of halogens is 1. The highest BCUT2D eigenvalue weighted by Gasteiger charge is 2.34. The molecule has 0 unspecified atom stereocenters. The Labute approximate surface area is 127 Å². The molecule has 1 aliphatic carbocycles. The summed E-state index contributed by atoms with van der Waals surface area (Å²) in [7, 11) is 0. The summed E-state index contributed by atoms with van der Waals surface area (Å²) in [6.45, 7) is 1.12. The van der Waals surface area contributed by atoms with Gasteiger partial charge in [-0.2, -0.15) is 0 Å². The van der Waals surface area contributed by atoms with E-state index in [-0.39, 0.29) is 0 Å². The molecule has 2 aromatic heterocycles. The predicted molar refractivity (Wildman–Crippen MR) is 83.0 cm³/mol. The van der Waals surface area contributed by atoms with Gasteiger partial charge in [-0.25, -0.2) is 9.97 Å². The smallest absolute Gasteiger partial charge is 0.180 e. The van der Waals surface area contributed by atoms with Crippen molar-refractivity contribution in [1.29, 1.82) is 0 Å². The average molecular weight is 335 g/mol. The van der Waals surface area contributed by atoms with Crippen molar-refractivity contribution in [2.45, 2.75) is 44.6 Å². The molecule has 5 heteroatoms. The summed E-state index contributed by atoms with van der Waals surface area (Å²) in [6, 6.07) is 0.666. The minimum Gasteiger partial charge on any atom is -0.350 e. The fourth-order valence-corrected chi connectivity index (χ4v) is 4.35. The summed E-state index contributed by atoms with van der Waals surface area (Å²) in [4.78, 5) is 11.8. The monoisotopic (exact) mass is 334 g/mol. The van der Waals surface area contributed by atoms with Crippen molar-refractivity contribution in [3.8, 4) is 0 Å². The van der Waals surface area contributed by atoms with Gasteiger partial charge >= 0.3 is 0 Å². The molecule has 0 amide bonds. The lowest BCUT2D eigenvalue weighted by atomic mass is 9.78. The maximum atomic E-state index is 4.75. The highest BCUT2D eigenvalue weighted by molar-refractivity contribution is 9.10. The van der Waals surface area contributed by atoms with Crippen molar-refractivity contribution >= 4 is 27.4 Å². The van der Waals surface area contributed by atoms with Gasteiger partial charge in [-0.3, -0.25) is 0 Å². The van der Waals surface area contributed by atoms with Gasteiger partial charge in [-0.1, -0.05) is 12.8 Å². The van der Waals surface area contributed by atoms with Crippen molar-refractivity contribution in [2.24, 2.45) is 5.92 Å². The molecule has 0 bridgehead atoms. The van der Waals surface area contributed by atoms with E-state index >= 15 is 0 Å². The minimum absolute atomic E-state index is 0.666. The normalized spacial score (nSPS) is 26.8. The van der Waals surface area contributed by atoms with Gasteiger partial charge in [-0.15, -0.1) is 0 Å². The third-order valence-corrected chi connectivity index (χ3v) is 5.22. The van der Waals surface area contributed by atoms with Crippen molar-refractivity contribution in [3.05, 3.63) is 23.2 Å². The van der Waals surface area contributed by atoms with Crippen LogP contribution in [0.2, 0.25) is 0 Å². The fourth-order valence-electron chi connectivity index (χ4n) is 3.97. The van der Waals surface area contributed by atoms with Crippen molar-refractivity contribution in [2.75, 3.05) is 11.4 Å². The van der Waals surface area contributed by atoms with E-state index in [2.05, 4.69) is 30.2 Å². The van der Waals surface area contributed by atoms with Crippen LogP contribution in [0.3, 0.4) is 0 Å². The van der Waals surface area contributed by atoms with E-state index in [9.17, 15) is 0 Å². The van der Waals surface area contributed by atoms with Crippen LogP contribution in [0.4, 0.5) is 5.82 Å². The summed E-state index contributed by atoms with van der Waals surface area (Å²) in [5, 5.41) is 0. The van der Waals surface area contributed by atoms with Crippen LogP contribution in [-0.4, -0.2) is 27.0 Å². The minimum atomic E-state index is 0.666. The molecule has 4 rings (SSSR count).